The number of nitrogens with zero attached hydrogens (tertiary/aromatic N) is 4. The van der Waals surface area contributed by atoms with E-state index in [0.717, 1.165) is 20.3 Å². The minimum Gasteiger partial charge on any atom is -0.369 e. The van der Waals surface area contributed by atoms with Crippen LogP contribution in [0.25, 0.3) is 15.2 Å². The molecular formula is C16H17N5O2S2. The Hall–Kier alpha value is -2.13. The minimum absolute atomic E-state index is 0.0594. The second-order valence-electron chi connectivity index (χ2n) is 6.02. The number of likely N-dealkylation sites (tertiary alicyclic amines) is 1. The molecule has 0 unspecified atom stereocenters. The summed E-state index contributed by atoms with van der Waals surface area (Å²) in [5, 5.41) is 9.15. The van der Waals surface area contributed by atoms with Gasteiger partial charge in [-0.15, -0.1) is 10.2 Å². The average molecular weight is 375 g/mol. The van der Waals surface area contributed by atoms with Gasteiger partial charge < -0.3 is 10.6 Å². The highest BCUT2D eigenvalue weighted by atomic mass is 32.2. The second kappa shape index (κ2) is 6.64. The molecule has 1 saturated heterocycles. The Balaban J connectivity index is 1.44. The van der Waals surface area contributed by atoms with E-state index in [1.807, 2.05) is 22.6 Å². The first-order valence-electron chi connectivity index (χ1n) is 8.06. The molecule has 1 aliphatic rings. The predicted molar refractivity (Wildman–Crippen MR) is 97.6 cm³/mol. The lowest BCUT2D eigenvalue weighted by atomic mass is 9.96. The molecule has 2 N–H and O–H groups in total. The first kappa shape index (κ1) is 16.3. The summed E-state index contributed by atoms with van der Waals surface area (Å²) in [7, 11) is 0. The molecule has 0 atom stereocenters. The number of thiazole rings is 1. The van der Waals surface area contributed by atoms with Crippen molar-refractivity contribution < 1.29 is 9.59 Å². The number of primary amides is 1. The van der Waals surface area contributed by atoms with E-state index >= 15 is 0 Å². The third kappa shape index (κ3) is 3.09. The lowest BCUT2D eigenvalue weighted by molar-refractivity contribution is -0.132. The van der Waals surface area contributed by atoms with Crippen molar-refractivity contribution in [2.24, 2.45) is 11.7 Å². The number of benzene rings is 1. The molecule has 130 valence electrons. The first-order valence-corrected chi connectivity index (χ1v) is 9.86. The maximum Gasteiger partial charge on any atom is 0.233 e. The zero-order valence-electron chi connectivity index (χ0n) is 13.4. The van der Waals surface area contributed by atoms with Crippen LogP contribution in [0.2, 0.25) is 0 Å². The number of hydrogen-bond donors (Lipinski definition) is 1. The van der Waals surface area contributed by atoms with Crippen LogP contribution in [0.15, 0.2) is 29.4 Å². The summed E-state index contributed by atoms with van der Waals surface area (Å²) in [6.45, 7) is 1.17. The molecule has 2 aromatic heterocycles. The first-order chi connectivity index (χ1) is 12.1. The molecule has 0 spiro atoms. The highest BCUT2D eigenvalue weighted by Gasteiger charge is 2.26. The summed E-state index contributed by atoms with van der Waals surface area (Å²) in [5.74, 6) is -0.00231. The van der Waals surface area contributed by atoms with Crippen LogP contribution in [-0.4, -0.2) is 50.2 Å². The standard InChI is InChI=1S/C16H17N5O2S2/c17-14(23)10-5-7-20(8-6-10)13(22)9-24-15-18-19-16-21(15)11-3-1-2-4-12(11)25-16/h1-4,10H,5-9H2,(H2,17,23). The molecule has 2 amide bonds. The third-order valence-corrected chi connectivity index (χ3v) is 6.41. The van der Waals surface area contributed by atoms with E-state index in [2.05, 4.69) is 16.3 Å². The predicted octanol–water partition coefficient (Wildman–Crippen LogP) is 1.76. The van der Waals surface area contributed by atoms with Crippen LogP contribution in [0.1, 0.15) is 12.8 Å². The third-order valence-electron chi connectivity index (χ3n) is 4.49. The van der Waals surface area contributed by atoms with Crippen LogP contribution < -0.4 is 5.73 Å². The van der Waals surface area contributed by atoms with Gasteiger partial charge in [-0.2, -0.15) is 0 Å². The van der Waals surface area contributed by atoms with Gasteiger partial charge in [0.15, 0.2) is 5.16 Å². The molecule has 0 aliphatic carbocycles. The van der Waals surface area contributed by atoms with Crippen LogP contribution in [0.5, 0.6) is 0 Å². The maximum absolute atomic E-state index is 12.4. The number of aromatic nitrogens is 3. The van der Waals surface area contributed by atoms with Crippen molar-refractivity contribution in [3.63, 3.8) is 0 Å². The second-order valence-corrected chi connectivity index (χ2v) is 7.97. The summed E-state index contributed by atoms with van der Waals surface area (Å²) >= 11 is 2.98. The average Bonchev–Trinajstić information content (AvgIpc) is 3.19. The van der Waals surface area contributed by atoms with Gasteiger partial charge in [0.1, 0.15) is 0 Å². The quantitative estimate of drug-likeness (QED) is 0.701. The van der Waals surface area contributed by atoms with Crippen molar-refractivity contribution in [3.05, 3.63) is 24.3 Å². The summed E-state index contributed by atoms with van der Waals surface area (Å²) in [6, 6.07) is 8.06. The van der Waals surface area contributed by atoms with E-state index in [0.29, 0.717) is 31.7 Å². The number of fused-ring (bicyclic) bond motifs is 3. The summed E-state index contributed by atoms with van der Waals surface area (Å²) in [5.41, 5.74) is 6.40. The lowest BCUT2D eigenvalue weighted by Gasteiger charge is -2.30. The van der Waals surface area contributed by atoms with Gasteiger partial charge in [0, 0.05) is 19.0 Å². The highest BCUT2D eigenvalue weighted by molar-refractivity contribution is 7.99. The molecule has 4 rings (SSSR count). The van der Waals surface area contributed by atoms with Gasteiger partial charge in [0.2, 0.25) is 16.8 Å². The fraction of sp³-hybridized carbons (Fsp3) is 0.375. The molecule has 0 saturated carbocycles. The fourth-order valence-corrected chi connectivity index (χ4v) is 4.95. The Labute approximate surface area is 152 Å². The molecule has 0 bridgehead atoms. The van der Waals surface area contributed by atoms with Crippen molar-refractivity contribution in [1.82, 2.24) is 19.5 Å². The van der Waals surface area contributed by atoms with Crippen LogP contribution in [0, 0.1) is 5.92 Å². The van der Waals surface area contributed by atoms with Gasteiger partial charge in [-0.3, -0.25) is 14.0 Å². The number of amides is 2. The highest BCUT2D eigenvalue weighted by Crippen LogP contribution is 2.29. The number of carbonyl (C=O) groups is 2. The molecule has 25 heavy (non-hydrogen) atoms. The van der Waals surface area contributed by atoms with E-state index < -0.39 is 0 Å². The molecule has 0 radical (unpaired) electrons. The number of piperidine rings is 1. The minimum atomic E-state index is -0.267. The molecule has 7 nitrogen and oxygen atoms in total. The molecule has 1 aliphatic heterocycles. The van der Waals surface area contributed by atoms with Gasteiger partial charge in [0.05, 0.1) is 16.0 Å². The SMILES string of the molecule is NC(=O)C1CCN(C(=O)CSc2nnc3sc4ccccc4n23)CC1. The molecule has 3 aromatic rings. The summed E-state index contributed by atoms with van der Waals surface area (Å²) in [6.07, 6.45) is 1.30. The fourth-order valence-electron chi connectivity index (χ4n) is 3.08. The monoisotopic (exact) mass is 375 g/mol. The Kier molecular flexibility index (Phi) is 4.34. The number of para-hydroxylation sites is 1. The normalized spacial score (nSPS) is 15.9. The van der Waals surface area contributed by atoms with E-state index in [1.165, 1.54) is 11.8 Å². The Morgan fingerprint density at radius 3 is 2.76 bits per heavy atom. The van der Waals surface area contributed by atoms with E-state index in [1.54, 1.807) is 16.2 Å². The van der Waals surface area contributed by atoms with Crippen molar-refractivity contribution in [2.75, 3.05) is 18.8 Å². The number of hydrogen-bond acceptors (Lipinski definition) is 6. The zero-order valence-corrected chi connectivity index (χ0v) is 15.1. The van der Waals surface area contributed by atoms with Crippen LogP contribution >= 0.6 is 23.1 Å². The number of nitrogens with two attached hydrogens (primary N) is 1. The van der Waals surface area contributed by atoms with Crippen molar-refractivity contribution >= 4 is 50.1 Å². The maximum atomic E-state index is 12.4. The van der Waals surface area contributed by atoms with E-state index in [4.69, 9.17) is 5.73 Å². The molecule has 3 heterocycles. The topological polar surface area (TPSA) is 93.6 Å². The van der Waals surface area contributed by atoms with Crippen LogP contribution in [0.4, 0.5) is 0 Å². The van der Waals surface area contributed by atoms with Gasteiger partial charge in [-0.25, -0.2) is 0 Å². The smallest absolute Gasteiger partial charge is 0.233 e. The summed E-state index contributed by atoms with van der Waals surface area (Å²) in [4.78, 5) is 26.3. The van der Waals surface area contributed by atoms with Crippen molar-refractivity contribution in [1.29, 1.82) is 0 Å². The van der Waals surface area contributed by atoms with Crippen molar-refractivity contribution in [3.8, 4) is 0 Å². The zero-order chi connectivity index (χ0) is 17.4. The number of thioether (sulfide) groups is 1. The van der Waals surface area contributed by atoms with Gasteiger partial charge in [-0.05, 0) is 25.0 Å². The molecule has 1 fully saturated rings. The molecular weight excluding hydrogens is 358 g/mol. The van der Waals surface area contributed by atoms with Crippen LogP contribution in [0.3, 0.4) is 0 Å². The number of rotatable bonds is 4. The van der Waals surface area contributed by atoms with E-state index in [9.17, 15) is 9.59 Å². The van der Waals surface area contributed by atoms with Gasteiger partial charge in [0.25, 0.3) is 0 Å². The van der Waals surface area contributed by atoms with Crippen molar-refractivity contribution in [2.45, 2.75) is 18.0 Å². The Morgan fingerprint density at radius 1 is 1.24 bits per heavy atom. The van der Waals surface area contributed by atoms with Crippen LogP contribution in [-0.2, 0) is 9.59 Å². The largest absolute Gasteiger partial charge is 0.369 e. The van der Waals surface area contributed by atoms with Gasteiger partial charge in [-0.1, -0.05) is 35.2 Å². The lowest BCUT2D eigenvalue weighted by Crippen LogP contribution is -2.42. The Bertz CT molecular complexity index is 942. The van der Waals surface area contributed by atoms with E-state index in [-0.39, 0.29) is 17.7 Å². The Morgan fingerprint density at radius 2 is 2.00 bits per heavy atom. The molecule has 1 aromatic carbocycles. The van der Waals surface area contributed by atoms with Gasteiger partial charge >= 0.3 is 0 Å². The molecule has 9 heteroatoms. The summed E-state index contributed by atoms with van der Waals surface area (Å²) < 4.78 is 3.14. The number of carbonyl (C=O) groups excluding carboxylic acids is 2.